The summed E-state index contributed by atoms with van der Waals surface area (Å²) in [5.41, 5.74) is -1.55. The molecular weight excluding hydrogens is 741 g/mol. The first-order valence-electron chi connectivity index (χ1n) is 22.3. The Kier molecular flexibility index (Phi) is 7.90. The fourth-order valence-corrected chi connectivity index (χ4v) is 17.9. The number of nitrogens with zero attached hydrogens (tertiary/aromatic N) is 2. The van der Waals surface area contributed by atoms with Crippen LogP contribution < -0.4 is 4.90 Å². The number of methoxy groups -OCH3 is 1. The van der Waals surface area contributed by atoms with Gasteiger partial charge in [0.05, 0.1) is 47.3 Å². The average Bonchev–Trinajstić information content (AvgIpc) is 3.89. The minimum atomic E-state index is -1.50. The molecule has 12 rings (SSSR count). The molecule has 5 aliphatic carbocycles. The third-order valence-corrected chi connectivity index (χ3v) is 19.9. The largest absolute Gasteiger partial charge is 0.468 e. The van der Waals surface area contributed by atoms with Gasteiger partial charge < -0.3 is 39.5 Å². The molecule has 1 aromatic carbocycles. The zero-order valence-corrected chi connectivity index (χ0v) is 34.3. The molecule has 0 radical (unpaired) electrons. The normalized spacial score (nSPS) is 52.6. The summed E-state index contributed by atoms with van der Waals surface area (Å²) < 4.78 is 17.5. The number of hydrogen-bond donors (Lipinski definition) is 4. The molecule has 1 aromatic rings. The van der Waals surface area contributed by atoms with Crippen LogP contribution in [0.25, 0.3) is 0 Å². The maximum atomic E-state index is 14.6. The molecule has 4 N–H and O–H groups in total. The molecule has 6 heterocycles. The van der Waals surface area contributed by atoms with Gasteiger partial charge in [-0.2, -0.15) is 0 Å². The summed E-state index contributed by atoms with van der Waals surface area (Å²) in [6, 6.07) is 8.21. The molecule has 12 heteroatoms. The highest BCUT2D eigenvalue weighted by atomic mass is 16.6. The van der Waals surface area contributed by atoms with Crippen LogP contribution in [0.1, 0.15) is 96.5 Å². The first-order valence-corrected chi connectivity index (χ1v) is 22.3. The van der Waals surface area contributed by atoms with Crippen molar-refractivity contribution in [2.45, 2.75) is 144 Å². The molecule has 1 spiro atoms. The lowest BCUT2D eigenvalue weighted by Gasteiger charge is -2.67. The van der Waals surface area contributed by atoms with Gasteiger partial charge in [0.2, 0.25) is 0 Å². The van der Waals surface area contributed by atoms with Crippen molar-refractivity contribution in [2.24, 2.45) is 46.3 Å². The molecule has 0 aromatic heterocycles. The Morgan fingerprint density at radius 3 is 2.52 bits per heavy atom. The average molecular weight is 802 g/mol. The third-order valence-electron chi connectivity index (χ3n) is 19.9. The number of benzene rings is 1. The predicted octanol–water partition coefficient (Wildman–Crippen LogP) is 3.51. The lowest BCUT2D eigenvalue weighted by molar-refractivity contribution is -1.03. The zero-order chi connectivity index (χ0) is 40.5. The minimum absolute atomic E-state index is 0.00132. The monoisotopic (exact) mass is 801 g/mol. The molecule has 5 bridgehead atoms. The number of rotatable bonds is 6. The quantitative estimate of drug-likeness (QED) is 0.189. The summed E-state index contributed by atoms with van der Waals surface area (Å²) in [6.07, 6.45) is 6.02. The number of hydrogen-bond acceptors (Lipinski definition) is 11. The smallest absolute Gasteiger partial charge is 0.362 e. The van der Waals surface area contributed by atoms with E-state index >= 15 is 0 Å². The van der Waals surface area contributed by atoms with Crippen LogP contribution in [-0.2, 0) is 34.0 Å². The fourth-order valence-electron chi connectivity index (χ4n) is 17.9. The van der Waals surface area contributed by atoms with Crippen molar-refractivity contribution in [3.05, 3.63) is 41.5 Å². The van der Waals surface area contributed by atoms with Crippen LogP contribution in [-0.4, -0.2) is 118 Å². The van der Waals surface area contributed by atoms with Gasteiger partial charge in [-0.25, -0.2) is 9.59 Å². The summed E-state index contributed by atoms with van der Waals surface area (Å²) in [5, 5.41) is 50.6. The number of carbonyl (C=O) groups excluding carboxylic acids is 3. The molecule has 4 saturated heterocycles. The number of fused-ring (bicyclic) bond motifs is 7. The molecule has 6 aliphatic heterocycles. The number of cyclic esters (lactones) is 1. The standard InChI is InChI=1S/C46H61N2O10/c1-5-26-27-19-33-38-44(31-8-6-7-9-32(31)47(38)3)21-34(37(27)39(44)51)48(33,40(26)52)22-36(50)58-25-10-16-45(41(53)56-4)29-11-14-42(2)28(24-18-35(49)57-23-24)13-17-46(42,55)30(29)12-15-43(45,54)20-25/h6-9,18,25-30,33-34,37-40,51-52,54-55H,5,10-17,19-23H2,1-4H3/q+1/t25-,26-,27-,28+,29+,30-,33+,34+,37-,38+,39+,40-,42-,43+,44+,45-,46+,48-/m1/s1. The second-order valence-electron chi connectivity index (χ2n) is 20.9. The summed E-state index contributed by atoms with van der Waals surface area (Å²) in [7, 11) is 3.48. The molecule has 5 saturated carbocycles. The molecular formula is C46H61N2O10+. The van der Waals surface area contributed by atoms with Crippen LogP contribution in [0, 0.1) is 46.3 Å². The van der Waals surface area contributed by atoms with Crippen molar-refractivity contribution in [2.75, 3.05) is 32.2 Å². The van der Waals surface area contributed by atoms with Gasteiger partial charge in [-0.15, -0.1) is 0 Å². The van der Waals surface area contributed by atoms with Gasteiger partial charge in [-0.1, -0.05) is 32.0 Å². The SMILES string of the molecule is CC[C@@H]1[C@H]2C[C@H]3[C@@H]4N(C)c5ccccc5[C@@]45C[C@@H]([C@@H]2[C@@H]5O)[N@+]3(CC(=O)O[C@@H]2CC[C@]3(C(=O)OC)[C@H]4CC[C@]5(C)[C@H](C6=CC(=O)OC6)CC[C@]5(O)[C@@H]4CC[C@]3(O)C2)[C@@H]1O. The lowest BCUT2D eigenvalue weighted by Crippen LogP contribution is -2.83. The van der Waals surface area contributed by atoms with Crippen molar-refractivity contribution < 1.29 is 53.5 Å². The van der Waals surface area contributed by atoms with E-state index in [9.17, 15) is 34.8 Å². The van der Waals surface area contributed by atoms with Crippen LogP contribution in [0.2, 0.25) is 0 Å². The predicted molar refractivity (Wildman–Crippen MR) is 208 cm³/mol. The van der Waals surface area contributed by atoms with Gasteiger partial charge >= 0.3 is 17.9 Å². The summed E-state index contributed by atoms with van der Waals surface area (Å²) in [5.74, 6) is -1.64. The van der Waals surface area contributed by atoms with E-state index in [1.165, 1.54) is 12.7 Å². The van der Waals surface area contributed by atoms with E-state index in [-0.39, 0.29) is 96.5 Å². The molecule has 0 unspecified atom stereocenters. The highest BCUT2D eigenvalue weighted by Crippen LogP contribution is 2.73. The van der Waals surface area contributed by atoms with Crippen molar-refractivity contribution in [3.63, 3.8) is 0 Å². The molecule has 9 fully saturated rings. The molecule has 12 nitrogen and oxygen atoms in total. The van der Waals surface area contributed by atoms with Crippen LogP contribution in [0.5, 0.6) is 0 Å². The summed E-state index contributed by atoms with van der Waals surface area (Å²) in [6.45, 7) is 4.49. The Morgan fingerprint density at radius 2 is 1.78 bits per heavy atom. The number of carbonyl (C=O) groups is 3. The molecule has 11 aliphatic rings. The Balaban J connectivity index is 0.871. The van der Waals surface area contributed by atoms with Gasteiger partial charge in [0.25, 0.3) is 0 Å². The van der Waals surface area contributed by atoms with Gasteiger partial charge in [-0.3, -0.25) is 9.28 Å². The second-order valence-corrected chi connectivity index (χ2v) is 20.9. The third kappa shape index (κ3) is 4.14. The number of ether oxygens (including phenoxy) is 3. The topological polar surface area (TPSA) is 163 Å². The molecule has 0 amide bonds. The number of esters is 3. The number of quaternary nitrogens is 1. The van der Waals surface area contributed by atoms with Gasteiger partial charge in [0.1, 0.15) is 18.8 Å². The number of aliphatic hydroxyl groups is 4. The first kappa shape index (κ1) is 37.9. The zero-order valence-electron chi connectivity index (χ0n) is 34.3. The molecule has 314 valence electrons. The number of likely N-dealkylation sites (N-methyl/N-ethyl adjacent to an activating group) is 1. The van der Waals surface area contributed by atoms with E-state index in [0.717, 1.165) is 30.5 Å². The van der Waals surface area contributed by atoms with E-state index in [1.54, 1.807) is 6.08 Å². The van der Waals surface area contributed by atoms with Gasteiger partial charge in [-0.05, 0) is 98.7 Å². The van der Waals surface area contributed by atoms with Crippen LogP contribution >= 0.6 is 0 Å². The van der Waals surface area contributed by atoms with Crippen LogP contribution in [0.4, 0.5) is 5.69 Å². The van der Waals surface area contributed by atoms with E-state index in [4.69, 9.17) is 14.2 Å². The maximum absolute atomic E-state index is 14.6. The Bertz CT molecular complexity index is 2010. The van der Waals surface area contributed by atoms with Crippen molar-refractivity contribution in [1.29, 1.82) is 0 Å². The molecule has 18 atom stereocenters. The number of piperidine rings is 4. The minimum Gasteiger partial charge on any atom is -0.468 e. The highest BCUT2D eigenvalue weighted by Gasteiger charge is 2.83. The van der Waals surface area contributed by atoms with E-state index in [0.29, 0.717) is 38.5 Å². The summed E-state index contributed by atoms with van der Waals surface area (Å²) in [4.78, 5) is 43.2. The molecule has 58 heavy (non-hydrogen) atoms. The number of anilines is 1. The van der Waals surface area contributed by atoms with Crippen molar-refractivity contribution in [1.82, 2.24) is 0 Å². The van der Waals surface area contributed by atoms with Gasteiger partial charge in [0, 0.05) is 55.3 Å². The second kappa shape index (κ2) is 12.1. The Labute approximate surface area is 340 Å². The summed E-state index contributed by atoms with van der Waals surface area (Å²) >= 11 is 0. The van der Waals surface area contributed by atoms with E-state index < -0.39 is 57.8 Å². The fraction of sp³-hybridized carbons (Fsp3) is 0.761. The Hall–Kier alpha value is -3.03. The maximum Gasteiger partial charge on any atom is 0.362 e. The first-order chi connectivity index (χ1) is 27.7. The lowest BCUT2D eigenvalue weighted by atomic mass is 9.41. The Morgan fingerprint density at radius 1 is 1.00 bits per heavy atom. The highest BCUT2D eigenvalue weighted by molar-refractivity contribution is 5.85. The van der Waals surface area contributed by atoms with Crippen LogP contribution in [0.15, 0.2) is 35.9 Å². The van der Waals surface area contributed by atoms with Crippen LogP contribution in [0.3, 0.4) is 0 Å². The van der Waals surface area contributed by atoms with Gasteiger partial charge in [0.15, 0.2) is 12.8 Å². The van der Waals surface area contributed by atoms with E-state index in [2.05, 4.69) is 44.0 Å². The van der Waals surface area contributed by atoms with E-state index in [1.807, 2.05) is 6.07 Å². The van der Waals surface area contributed by atoms with Crippen molar-refractivity contribution >= 4 is 23.6 Å². The number of para-hydroxylation sites is 1. The van der Waals surface area contributed by atoms with Crippen molar-refractivity contribution in [3.8, 4) is 0 Å². The number of aliphatic hydroxyl groups excluding tert-OH is 2.